The van der Waals surface area contributed by atoms with Crippen LogP contribution in [0.15, 0.2) is 24.3 Å². The summed E-state index contributed by atoms with van der Waals surface area (Å²) in [7, 11) is 0. The maximum Gasteiger partial charge on any atom is 0.387 e. The van der Waals surface area contributed by atoms with Crippen molar-refractivity contribution in [3.63, 3.8) is 0 Å². The summed E-state index contributed by atoms with van der Waals surface area (Å²) in [5.74, 6) is 1.12. The summed E-state index contributed by atoms with van der Waals surface area (Å²) in [6.07, 6.45) is 2.82. The second-order valence-electron chi connectivity index (χ2n) is 6.46. The lowest BCUT2D eigenvalue weighted by molar-refractivity contribution is -0.123. The van der Waals surface area contributed by atoms with E-state index in [1.54, 1.807) is 24.3 Å². The van der Waals surface area contributed by atoms with Crippen LogP contribution in [0.1, 0.15) is 26.2 Å². The Labute approximate surface area is 134 Å². The number of alkyl halides is 2. The number of hydrogen-bond acceptors (Lipinski definition) is 3. The lowest BCUT2D eigenvalue weighted by atomic mass is 10.0. The monoisotopic (exact) mass is 324 g/mol. The Bertz CT molecular complexity index is 542. The van der Waals surface area contributed by atoms with Crippen molar-refractivity contribution in [1.82, 2.24) is 5.32 Å². The Kier molecular flexibility index (Phi) is 4.68. The van der Waals surface area contributed by atoms with Gasteiger partial charge in [0.2, 0.25) is 5.91 Å². The number of piperidine rings is 1. The summed E-state index contributed by atoms with van der Waals surface area (Å²) < 4.78 is 28.6. The highest BCUT2D eigenvalue weighted by atomic mass is 19.3. The number of nitrogens with one attached hydrogen (secondary N) is 1. The molecule has 23 heavy (non-hydrogen) atoms. The van der Waals surface area contributed by atoms with E-state index in [9.17, 15) is 13.6 Å². The van der Waals surface area contributed by atoms with Gasteiger partial charge in [-0.05, 0) is 49.4 Å². The summed E-state index contributed by atoms with van der Waals surface area (Å²) >= 11 is 0. The molecular weight excluding hydrogens is 302 g/mol. The van der Waals surface area contributed by atoms with Crippen LogP contribution < -0.4 is 15.0 Å². The largest absolute Gasteiger partial charge is 0.435 e. The number of amides is 1. The molecule has 2 aliphatic rings. The van der Waals surface area contributed by atoms with Gasteiger partial charge in [-0.3, -0.25) is 4.79 Å². The molecule has 1 aromatic rings. The molecule has 1 aromatic carbocycles. The van der Waals surface area contributed by atoms with Gasteiger partial charge in [-0.25, -0.2) is 0 Å². The van der Waals surface area contributed by atoms with Crippen LogP contribution in [-0.4, -0.2) is 31.7 Å². The van der Waals surface area contributed by atoms with Crippen molar-refractivity contribution in [2.75, 3.05) is 18.0 Å². The summed E-state index contributed by atoms with van der Waals surface area (Å²) in [5.41, 5.74) is 0.993. The lowest BCUT2D eigenvalue weighted by Gasteiger charge is -2.34. The first-order valence-corrected chi connectivity index (χ1v) is 8.13. The lowest BCUT2D eigenvalue weighted by Crippen LogP contribution is -2.45. The minimum atomic E-state index is -2.80. The van der Waals surface area contributed by atoms with Crippen molar-refractivity contribution in [2.45, 2.75) is 38.8 Å². The van der Waals surface area contributed by atoms with Crippen LogP contribution in [0, 0.1) is 11.8 Å². The van der Waals surface area contributed by atoms with E-state index in [1.807, 2.05) is 0 Å². The van der Waals surface area contributed by atoms with Crippen LogP contribution >= 0.6 is 0 Å². The van der Waals surface area contributed by atoms with Crippen molar-refractivity contribution in [2.24, 2.45) is 11.8 Å². The zero-order chi connectivity index (χ0) is 16.4. The van der Waals surface area contributed by atoms with Crippen LogP contribution in [0.25, 0.3) is 0 Å². The smallest absolute Gasteiger partial charge is 0.387 e. The van der Waals surface area contributed by atoms with Crippen LogP contribution in [-0.2, 0) is 4.79 Å². The first-order chi connectivity index (χ1) is 11.0. The molecular formula is C17H22F2N2O2. The normalized spacial score (nSPS) is 24.6. The van der Waals surface area contributed by atoms with E-state index in [2.05, 4.69) is 21.9 Å². The second kappa shape index (κ2) is 6.72. The zero-order valence-corrected chi connectivity index (χ0v) is 13.2. The maximum absolute atomic E-state index is 12.1. The number of anilines is 1. The highest BCUT2D eigenvalue weighted by Gasteiger charge is 2.39. The average molecular weight is 324 g/mol. The summed E-state index contributed by atoms with van der Waals surface area (Å²) in [4.78, 5) is 14.2. The van der Waals surface area contributed by atoms with Gasteiger partial charge in [-0.1, -0.05) is 6.92 Å². The Morgan fingerprint density at radius 2 is 1.87 bits per heavy atom. The van der Waals surface area contributed by atoms with E-state index in [4.69, 9.17) is 0 Å². The third-order valence-corrected chi connectivity index (χ3v) is 4.71. The number of hydrogen-bond donors (Lipinski definition) is 1. The highest BCUT2D eigenvalue weighted by molar-refractivity contribution is 5.81. The quantitative estimate of drug-likeness (QED) is 0.905. The Morgan fingerprint density at radius 1 is 1.26 bits per heavy atom. The highest BCUT2D eigenvalue weighted by Crippen LogP contribution is 2.38. The van der Waals surface area contributed by atoms with Crippen LogP contribution in [0.3, 0.4) is 0 Å². The van der Waals surface area contributed by atoms with Crippen molar-refractivity contribution >= 4 is 11.6 Å². The molecule has 1 saturated carbocycles. The molecule has 1 saturated heterocycles. The van der Waals surface area contributed by atoms with Gasteiger partial charge >= 0.3 is 6.61 Å². The average Bonchev–Trinajstić information content (AvgIpc) is 3.25. The maximum atomic E-state index is 12.1. The Balaban J connectivity index is 1.47. The fourth-order valence-electron chi connectivity index (χ4n) is 3.12. The topological polar surface area (TPSA) is 41.6 Å². The molecule has 0 spiro atoms. The molecule has 0 radical (unpaired) electrons. The van der Waals surface area contributed by atoms with Crippen LogP contribution in [0.4, 0.5) is 14.5 Å². The van der Waals surface area contributed by atoms with E-state index in [0.29, 0.717) is 5.92 Å². The van der Waals surface area contributed by atoms with Crippen LogP contribution in [0.5, 0.6) is 5.75 Å². The van der Waals surface area contributed by atoms with Crippen LogP contribution in [0.2, 0.25) is 0 Å². The van der Waals surface area contributed by atoms with Crippen molar-refractivity contribution < 1.29 is 18.3 Å². The minimum absolute atomic E-state index is 0.171. The van der Waals surface area contributed by atoms with E-state index in [-0.39, 0.29) is 23.6 Å². The summed E-state index contributed by atoms with van der Waals surface area (Å²) in [6.45, 7) is 1.00. The molecule has 6 heteroatoms. The van der Waals surface area contributed by atoms with Gasteiger partial charge < -0.3 is 15.0 Å². The molecule has 1 heterocycles. The van der Waals surface area contributed by atoms with Crippen molar-refractivity contribution in [3.05, 3.63) is 24.3 Å². The van der Waals surface area contributed by atoms with Crippen molar-refractivity contribution in [1.29, 1.82) is 0 Å². The molecule has 1 aliphatic carbocycles. The van der Waals surface area contributed by atoms with E-state index in [1.165, 1.54) is 0 Å². The molecule has 1 amide bonds. The predicted octanol–water partition coefficient (Wildman–Crippen LogP) is 3.03. The second-order valence-corrected chi connectivity index (χ2v) is 6.46. The zero-order valence-electron chi connectivity index (χ0n) is 13.2. The number of rotatable bonds is 5. The molecule has 126 valence electrons. The SMILES string of the molecule is CC1CC1C(=O)NC1CCN(c2ccc(OC(F)F)cc2)CC1. The first-order valence-electron chi connectivity index (χ1n) is 8.13. The molecule has 2 unspecified atom stereocenters. The minimum Gasteiger partial charge on any atom is -0.435 e. The van der Waals surface area contributed by atoms with Gasteiger partial charge in [0.05, 0.1) is 0 Å². The number of carbonyl (C=O) groups is 1. The number of halogens is 2. The third-order valence-electron chi connectivity index (χ3n) is 4.71. The number of ether oxygens (including phenoxy) is 1. The standard InChI is InChI=1S/C17H22F2N2O2/c1-11-10-15(11)16(22)20-12-6-8-21(9-7-12)13-2-4-14(5-3-13)23-17(18)19/h2-5,11-12,15,17H,6-10H2,1H3,(H,20,22). The molecule has 3 rings (SSSR count). The van der Waals surface area contributed by atoms with Gasteiger partial charge in [0.25, 0.3) is 0 Å². The van der Waals surface area contributed by atoms with Gasteiger partial charge in [0, 0.05) is 30.7 Å². The van der Waals surface area contributed by atoms with Gasteiger partial charge in [-0.15, -0.1) is 0 Å². The Morgan fingerprint density at radius 3 is 2.39 bits per heavy atom. The number of benzene rings is 1. The number of carbonyl (C=O) groups excluding carboxylic acids is 1. The fraction of sp³-hybridized carbons (Fsp3) is 0.588. The molecule has 4 nitrogen and oxygen atoms in total. The molecule has 2 atom stereocenters. The molecule has 1 aliphatic heterocycles. The summed E-state index contributed by atoms with van der Waals surface area (Å²) in [5, 5.41) is 3.14. The van der Waals surface area contributed by atoms with E-state index < -0.39 is 6.61 Å². The number of nitrogens with zero attached hydrogens (tertiary/aromatic N) is 1. The molecule has 2 fully saturated rings. The molecule has 0 bridgehead atoms. The van der Waals surface area contributed by atoms with E-state index in [0.717, 1.165) is 38.0 Å². The van der Waals surface area contributed by atoms with E-state index >= 15 is 0 Å². The summed E-state index contributed by atoms with van der Waals surface area (Å²) in [6, 6.07) is 6.95. The molecule has 1 N–H and O–H groups in total. The van der Waals surface area contributed by atoms with Crippen molar-refractivity contribution in [3.8, 4) is 5.75 Å². The third kappa shape index (κ3) is 4.12. The Hall–Kier alpha value is -1.85. The van der Waals surface area contributed by atoms with Gasteiger partial charge in [0.1, 0.15) is 5.75 Å². The van der Waals surface area contributed by atoms with Gasteiger partial charge in [-0.2, -0.15) is 8.78 Å². The molecule has 0 aromatic heterocycles. The van der Waals surface area contributed by atoms with Gasteiger partial charge in [0.15, 0.2) is 0 Å². The first kappa shape index (κ1) is 16.0. The fourth-order valence-corrected chi connectivity index (χ4v) is 3.12. The predicted molar refractivity (Wildman–Crippen MR) is 83.7 cm³/mol.